The van der Waals surface area contributed by atoms with E-state index >= 15 is 0 Å². The largest absolute Gasteiger partial charge is 0.481 e. The van der Waals surface area contributed by atoms with Crippen LogP contribution in [0.25, 0.3) is 0 Å². The number of aliphatic hydroxyl groups excluding tert-OH is 1. The Kier molecular flexibility index (Phi) is 3.78. The van der Waals surface area contributed by atoms with Gasteiger partial charge in [0.1, 0.15) is 11.9 Å². The second-order valence-electron chi connectivity index (χ2n) is 3.43. The molecule has 0 heterocycles. The third-order valence-corrected chi connectivity index (χ3v) is 2.11. The first-order valence-corrected chi connectivity index (χ1v) is 4.70. The van der Waals surface area contributed by atoms with Gasteiger partial charge < -0.3 is 9.84 Å². The van der Waals surface area contributed by atoms with Gasteiger partial charge in [-0.1, -0.05) is 0 Å². The van der Waals surface area contributed by atoms with E-state index in [0.29, 0.717) is 0 Å². The first-order chi connectivity index (χ1) is 7.41. The molecule has 0 fully saturated rings. The van der Waals surface area contributed by atoms with E-state index < -0.39 is 22.9 Å². The van der Waals surface area contributed by atoms with Crippen molar-refractivity contribution in [3.8, 4) is 5.75 Å². The Morgan fingerprint density at radius 3 is 2.62 bits per heavy atom. The molecule has 0 saturated carbocycles. The van der Waals surface area contributed by atoms with Crippen molar-refractivity contribution >= 4 is 5.69 Å². The third-order valence-electron chi connectivity index (χ3n) is 2.11. The van der Waals surface area contributed by atoms with Crippen molar-refractivity contribution in [2.75, 3.05) is 0 Å². The molecule has 0 amide bonds. The minimum absolute atomic E-state index is 0.182. The van der Waals surface area contributed by atoms with Crippen molar-refractivity contribution in [3.05, 3.63) is 34.1 Å². The number of nitro benzene ring substituents is 1. The van der Waals surface area contributed by atoms with Crippen LogP contribution in [0.4, 0.5) is 10.1 Å². The maximum atomic E-state index is 12.9. The van der Waals surface area contributed by atoms with Crippen LogP contribution in [0.15, 0.2) is 18.2 Å². The fraction of sp³-hybridized carbons (Fsp3) is 0.400. The average molecular weight is 229 g/mol. The molecule has 2 unspecified atom stereocenters. The molecule has 5 nitrogen and oxygen atoms in total. The average Bonchev–Trinajstić information content (AvgIpc) is 2.16. The summed E-state index contributed by atoms with van der Waals surface area (Å²) in [6.07, 6.45) is -1.46. The van der Waals surface area contributed by atoms with E-state index in [1.165, 1.54) is 6.92 Å². The van der Waals surface area contributed by atoms with Crippen molar-refractivity contribution in [1.82, 2.24) is 0 Å². The number of ether oxygens (including phenoxy) is 1. The highest BCUT2D eigenvalue weighted by atomic mass is 19.1. The molecule has 1 N–H and O–H groups in total. The molecule has 1 aromatic carbocycles. The first kappa shape index (κ1) is 12.4. The number of nitrogens with zero attached hydrogens (tertiary/aromatic N) is 1. The summed E-state index contributed by atoms with van der Waals surface area (Å²) in [6, 6.07) is 2.94. The molecule has 0 aliphatic carbocycles. The summed E-state index contributed by atoms with van der Waals surface area (Å²) in [5.41, 5.74) is -0.325. The highest BCUT2D eigenvalue weighted by Crippen LogP contribution is 2.28. The fourth-order valence-electron chi connectivity index (χ4n) is 1.03. The zero-order valence-electron chi connectivity index (χ0n) is 8.88. The van der Waals surface area contributed by atoms with Crippen LogP contribution in [0, 0.1) is 15.9 Å². The Hall–Kier alpha value is -1.69. The molecule has 0 aliphatic rings. The SMILES string of the molecule is CC(O)C(C)Oc1cc(F)ccc1[N+](=O)[O-]. The fourth-order valence-corrected chi connectivity index (χ4v) is 1.03. The first-order valence-electron chi connectivity index (χ1n) is 4.70. The number of hydrogen-bond acceptors (Lipinski definition) is 4. The molecule has 6 heteroatoms. The Labute approximate surface area is 91.6 Å². The summed E-state index contributed by atoms with van der Waals surface area (Å²) < 4.78 is 18.0. The molecular weight excluding hydrogens is 217 g/mol. The van der Waals surface area contributed by atoms with Gasteiger partial charge in [0.05, 0.1) is 11.0 Å². The zero-order chi connectivity index (χ0) is 12.3. The van der Waals surface area contributed by atoms with E-state index in [0.717, 1.165) is 18.2 Å². The van der Waals surface area contributed by atoms with E-state index in [4.69, 9.17) is 4.74 Å². The van der Waals surface area contributed by atoms with Crippen LogP contribution >= 0.6 is 0 Å². The molecule has 0 radical (unpaired) electrons. The third kappa shape index (κ3) is 2.90. The van der Waals surface area contributed by atoms with Gasteiger partial charge in [-0.3, -0.25) is 10.1 Å². The molecule has 0 aromatic heterocycles. The van der Waals surface area contributed by atoms with Gasteiger partial charge in [-0.2, -0.15) is 0 Å². The Balaban J connectivity index is 3.01. The van der Waals surface area contributed by atoms with Gasteiger partial charge in [0.2, 0.25) is 0 Å². The number of halogens is 1. The van der Waals surface area contributed by atoms with Crippen LogP contribution in [0.3, 0.4) is 0 Å². The van der Waals surface area contributed by atoms with Gasteiger partial charge in [0, 0.05) is 12.1 Å². The minimum Gasteiger partial charge on any atom is -0.481 e. The maximum absolute atomic E-state index is 12.9. The molecule has 0 saturated heterocycles. The smallest absolute Gasteiger partial charge is 0.311 e. The van der Waals surface area contributed by atoms with E-state index in [-0.39, 0.29) is 11.4 Å². The molecule has 1 aromatic rings. The maximum Gasteiger partial charge on any atom is 0.311 e. The zero-order valence-corrected chi connectivity index (χ0v) is 8.88. The lowest BCUT2D eigenvalue weighted by Crippen LogP contribution is -2.25. The van der Waals surface area contributed by atoms with Gasteiger partial charge >= 0.3 is 5.69 Å². The molecule has 0 aliphatic heterocycles. The van der Waals surface area contributed by atoms with E-state index in [9.17, 15) is 19.6 Å². The lowest BCUT2D eigenvalue weighted by atomic mass is 10.2. The number of aliphatic hydroxyl groups is 1. The number of benzene rings is 1. The van der Waals surface area contributed by atoms with Gasteiger partial charge in [-0.25, -0.2) is 4.39 Å². The predicted molar refractivity (Wildman–Crippen MR) is 54.8 cm³/mol. The highest BCUT2D eigenvalue weighted by Gasteiger charge is 2.19. The Bertz CT molecular complexity index is 394. The monoisotopic (exact) mass is 229 g/mol. The summed E-state index contributed by atoms with van der Waals surface area (Å²) in [5, 5.41) is 19.8. The lowest BCUT2D eigenvalue weighted by Gasteiger charge is -2.16. The summed E-state index contributed by atoms with van der Waals surface area (Å²) in [5.74, 6) is -0.809. The standard InChI is InChI=1S/C10H12FNO4/c1-6(13)7(2)16-10-5-8(11)3-4-9(10)12(14)15/h3-7,13H,1-2H3. The summed E-state index contributed by atoms with van der Waals surface area (Å²) in [6.45, 7) is 3.02. The Morgan fingerprint density at radius 1 is 1.50 bits per heavy atom. The van der Waals surface area contributed by atoms with Crippen molar-refractivity contribution in [1.29, 1.82) is 0 Å². The lowest BCUT2D eigenvalue weighted by molar-refractivity contribution is -0.386. The quantitative estimate of drug-likeness (QED) is 0.632. The predicted octanol–water partition coefficient (Wildman–Crippen LogP) is 1.88. The van der Waals surface area contributed by atoms with Crippen molar-refractivity contribution in [3.63, 3.8) is 0 Å². The molecular formula is C10H12FNO4. The summed E-state index contributed by atoms with van der Waals surface area (Å²) in [7, 11) is 0. The number of hydrogen-bond donors (Lipinski definition) is 1. The second kappa shape index (κ2) is 4.89. The normalized spacial score (nSPS) is 14.2. The molecule has 1 rings (SSSR count). The van der Waals surface area contributed by atoms with Gasteiger partial charge in [-0.05, 0) is 19.9 Å². The van der Waals surface area contributed by atoms with E-state index in [2.05, 4.69) is 0 Å². The van der Waals surface area contributed by atoms with Crippen LogP contribution in [0.2, 0.25) is 0 Å². The van der Waals surface area contributed by atoms with Gasteiger partial charge in [0.15, 0.2) is 5.75 Å². The van der Waals surface area contributed by atoms with E-state index in [1.807, 2.05) is 0 Å². The van der Waals surface area contributed by atoms with Crippen LogP contribution in [0.5, 0.6) is 5.75 Å². The molecule has 88 valence electrons. The second-order valence-corrected chi connectivity index (χ2v) is 3.43. The number of rotatable bonds is 4. The van der Waals surface area contributed by atoms with Crippen LogP contribution in [-0.4, -0.2) is 22.2 Å². The topological polar surface area (TPSA) is 72.6 Å². The molecule has 16 heavy (non-hydrogen) atoms. The van der Waals surface area contributed by atoms with Crippen LogP contribution in [0.1, 0.15) is 13.8 Å². The summed E-state index contributed by atoms with van der Waals surface area (Å²) >= 11 is 0. The Morgan fingerprint density at radius 2 is 2.12 bits per heavy atom. The molecule has 0 spiro atoms. The molecule has 2 atom stereocenters. The van der Waals surface area contributed by atoms with Crippen molar-refractivity contribution < 1.29 is 19.2 Å². The summed E-state index contributed by atoms with van der Waals surface area (Å²) in [4.78, 5) is 9.96. The van der Waals surface area contributed by atoms with Crippen LogP contribution < -0.4 is 4.74 Å². The highest BCUT2D eigenvalue weighted by molar-refractivity contribution is 5.46. The number of nitro groups is 1. The van der Waals surface area contributed by atoms with Gasteiger partial charge in [-0.15, -0.1) is 0 Å². The van der Waals surface area contributed by atoms with E-state index in [1.54, 1.807) is 6.92 Å². The minimum atomic E-state index is -0.803. The van der Waals surface area contributed by atoms with Crippen molar-refractivity contribution in [2.45, 2.75) is 26.1 Å². The van der Waals surface area contributed by atoms with Crippen molar-refractivity contribution in [2.24, 2.45) is 0 Å². The van der Waals surface area contributed by atoms with Crippen LogP contribution in [-0.2, 0) is 0 Å². The van der Waals surface area contributed by atoms with Gasteiger partial charge in [0.25, 0.3) is 0 Å². The molecule has 0 bridgehead atoms.